The smallest absolute Gasteiger partial charge is 0.246 e. The van der Waals surface area contributed by atoms with Gasteiger partial charge < -0.3 is 62.5 Å². The molecule has 1 aliphatic rings. The summed E-state index contributed by atoms with van der Waals surface area (Å²) >= 11 is 0. The molecule has 0 saturated carbocycles. The number of rotatable bonds is 35. The molecule has 0 spiro atoms. The molecule has 22 heteroatoms. The van der Waals surface area contributed by atoms with Crippen molar-refractivity contribution in [3.8, 4) is 0 Å². The highest BCUT2D eigenvalue weighted by atomic mass is 16.3. The molecule has 22 nitrogen and oxygen atoms in total. The molecule has 9 amide bonds. The summed E-state index contributed by atoms with van der Waals surface area (Å²) in [6, 6.07) is -5.99. The first-order valence-electron chi connectivity index (χ1n) is 28.3. The van der Waals surface area contributed by atoms with E-state index in [0.717, 1.165) is 25.7 Å². The van der Waals surface area contributed by atoms with Gasteiger partial charge in [0.15, 0.2) is 0 Å². The fraction of sp³-hybridized carbons (Fsp3) is 0.821. The van der Waals surface area contributed by atoms with Crippen LogP contribution in [-0.4, -0.2) is 171 Å². The molecule has 0 radical (unpaired) electrons. The fourth-order valence-corrected chi connectivity index (χ4v) is 9.15. The number of nitrogens with zero attached hydrogens (tertiary/aromatic N) is 2. The molecule has 0 aromatic carbocycles. The summed E-state index contributed by atoms with van der Waals surface area (Å²) in [5, 5.41) is 41.6. The SMILES string of the molecule is CCCCCCC(C)C(=O)N1CCC[C@H]1C(=O)NC(CC(C)CC(O)CC(=O)CC)C(=O)N[C@@H](C)C(=O)NC(C)(C)C(=O)N[C@H](C(=O)N[C@H](C(=O)NC(C)(C)C(=O)NC(C)(C)C(=O)NC(C)CN(C)CCO)C(C)C)C(C)C. The number of hydrogen-bond donors (Lipinski definition) is 10. The molecule has 0 bridgehead atoms. The highest BCUT2D eigenvalue weighted by molar-refractivity contribution is 6.00. The second-order valence-electron chi connectivity index (χ2n) is 24.2. The Hall–Kier alpha value is -5.22. The number of unbranched alkanes of at least 4 members (excludes halogenated alkanes) is 3. The Kier molecular flexibility index (Phi) is 29.7. The average molecular weight is 1110 g/mol. The minimum absolute atomic E-state index is 0.0291. The largest absolute Gasteiger partial charge is 0.395 e. The van der Waals surface area contributed by atoms with Gasteiger partial charge in [-0.25, -0.2) is 0 Å². The molecule has 10 N–H and O–H groups in total. The lowest BCUT2D eigenvalue weighted by molar-refractivity contribution is -0.142. The van der Waals surface area contributed by atoms with Crippen LogP contribution in [0, 0.1) is 23.7 Å². The quantitative estimate of drug-likeness (QED) is 0.0408. The molecule has 448 valence electrons. The molecule has 5 unspecified atom stereocenters. The van der Waals surface area contributed by atoms with Crippen molar-refractivity contribution in [3.63, 3.8) is 0 Å². The van der Waals surface area contributed by atoms with Gasteiger partial charge in [-0.15, -0.1) is 0 Å². The Morgan fingerprint density at radius 2 is 1.19 bits per heavy atom. The number of carbonyl (C=O) groups is 10. The van der Waals surface area contributed by atoms with Gasteiger partial charge in [0.25, 0.3) is 0 Å². The van der Waals surface area contributed by atoms with Crippen LogP contribution in [0.5, 0.6) is 0 Å². The van der Waals surface area contributed by atoms with Gasteiger partial charge in [-0.3, -0.25) is 47.9 Å². The lowest BCUT2D eigenvalue weighted by Crippen LogP contribution is -2.66. The van der Waals surface area contributed by atoms with Gasteiger partial charge in [0.05, 0.1) is 12.7 Å². The van der Waals surface area contributed by atoms with E-state index >= 15 is 0 Å². The standard InChI is InChI=1S/C56H102N10O12/c1-18-20-21-22-24-36(8)50(75)66-26-23-25-42(66)47(72)59-41(30-35(7)29-40(69)31-39(68)19-2)46(71)58-38(10)45(70)62-54(11,12)52(77)61-43(33(3)4)48(73)60-44(34(5)6)49(74)63-56(15,16)53(78)64-55(13,14)51(76)57-37(9)32-65(17)27-28-67/h33-38,40-44,67,69H,18-32H2,1-17H3,(H,57,76)(H,58,71)(H,59,72)(H,60,73)(H,61,77)(H,62,70)(H,63,74)(H,64,78)/t35?,36?,37?,38-,40?,41?,42-,43-,44-/m0/s1. The van der Waals surface area contributed by atoms with E-state index in [9.17, 15) is 58.2 Å². The fourth-order valence-electron chi connectivity index (χ4n) is 9.15. The highest BCUT2D eigenvalue weighted by Gasteiger charge is 2.42. The second kappa shape index (κ2) is 32.8. The zero-order chi connectivity index (χ0) is 60.0. The van der Waals surface area contributed by atoms with Gasteiger partial charge in [-0.1, -0.05) is 81.1 Å². The van der Waals surface area contributed by atoms with Crippen LogP contribution in [0.2, 0.25) is 0 Å². The molecule has 0 aromatic heterocycles. The van der Waals surface area contributed by atoms with Crippen molar-refractivity contribution in [2.75, 3.05) is 33.3 Å². The van der Waals surface area contributed by atoms with Crippen molar-refractivity contribution in [2.45, 2.75) is 240 Å². The first-order chi connectivity index (χ1) is 36.0. The number of aliphatic hydroxyl groups excluding tert-OH is 2. The minimum Gasteiger partial charge on any atom is -0.395 e. The highest BCUT2D eigenvalue weighted by Crippen LogP contribution is 2.24. The van der Waals surface area contributed by atoms with Crippen LogP contribution in [0.3, 0.4) is 0 Å². The van der Waals surface area contributed by atoms with Gasteiger partial charge >= 0.3 is 0 Å². The van der Waals surface area contributed by atoms with Crippen LogP contribution in [-0.2, 0) is 47.9 Å². The van der Waals surface area contributed by atoms with Crippen LogP contribution in [0.15, 0.2) is 0 Å². The molecule has 78 heavy (non-hydrogen) atoms. The number of carbonyl (C=O) groups excluding carboxylic acids is 10. The number of likely N-dealkylation sites (tertiary alicyclic amines) is 1. The summed E-state index contributed by atoms with van der Waals surface area (Å²) < 4.78 is 0. The van der Waals surface area contributed by atoms with Crippen molar-refractivity contribution in [3.05, 3.63) is 0 Å². The maximum absolute atomic E-state index is 14.1. The van der Waals surface area contributed by atoms with Crippen molar-refractivity contribution >= 4 is 58.9 Å². The lowest BCUT2D eigenvalue weighted by atomic mass is 9.92. The monoisotopic (exact) mass is 1110 g/mol. The number of Topliss-reactive ketones (excluding diaryl/α,β-unsaturated/α-hetero) is 1. The predicted octanol–water partition coefficient (Wildman–Crippen LogP) is 2.11. The zero-order valence-corrected chi connectivity index (χ0v) is 50.3. The number of ketones is 1. The summed E-state index contributed by atoms with van der Waals surface area (Å²) in [6.07, 6.45) is 5.15. The third-order valence-corrected chi connectivity index (χ3v) is 14.2. The number of likely N-dealkylation sites (N-methyl/N-ethyl adjacent to an activating group) is 1. The maximum atomic E-state index is 14.1. The van der Waals surface area contributed by atoms with E-state index in [1.54, 1.807) is 60.4 Å². The molecule has 1 fully saturated rings. The van der Waals surface area contributed by atoms with Crippen molar-refractivity contribution < 1.29 is 58.2 Å². The first-order valence-corrected chi connectivity index (χ1v) is 28.3. The summed E-state index contributed by atoms with van der Waals surface area (Å²) in [7, 11) is 1.80. The Labute approximate surface area is 465 Å². The van der Waals surface area contributed by atoms with Crippen LogP contribution in [0.25, 0.3) is 0 Å². The van der Waals surface area contributed by atoms with E-state index in [4.69, 9.17) is 0 Å². The molecule has 1 rings (SSSR count). The summed E-state index contributed by atoms with van der Waals surface area (Å²) in [6.45, 7) is 27.4. The van der Waals surface area contributed by atoms with Gasteiger partial charge in [0.1, 0.15) is 52.6 Å². The lowest BCUT2D eigenvalue weighted by Gasteiger charge is -2.35. The second-order valence-corrected chi connectivity index (χ2v) is 24.2. The molecule has 1 aliphatic heterocycles. The van der Waals surface area contributed by atoms with Crippen molar-refractivity contribution in [1.29, 1.82) is 0 Å². The topological polar surface area (TPSA) is 314 Å². The molecule has 0 aromatic rings. The summed E-state index contributed by atoms with van der Waals surface area (Å²) in [4.78, 5) is 140. The van der Waals surface area contributed by atoms with Gasteiger partial charge in [0.2, 0.25) is 53.2 Å². The van der Waals surface area contributed by atoms with E-state index in [0.29, 0.717) is 38.9 Å². The summed E-state index contributed by atoms with van der Waals surface area (Å²) in [5.41, 5.74) is -4.63. The van der Waals surface area contributed by atoms with E-state index in [1.165, 1.54) is 48.5 Å². The third kappa shape index (κ3) is 23.6. The maximum Gasteiger partial charge on any atom is 0.246 e. The molecule has 9 atom stereocenters. The van der Waals surface area contributed by atoms with Gasteiger partial charge in [-0.2, -0.15) is 0 Å². The third-order valence-electron chi connectivity index (χ3n) is 14.2. The Balaban J connectivity index is 3.19. The Bertz CT molecular complexity index is 2030. The number of aliphatic hydroxyl groups is 2. The molecular weight excluding hydrogens is 1000 g/mol. The van der Waals surface area contributed by atoms with E-state index < -0.39 is 112 Å². The van der Waals surface area contributed by atoms with Gasteiger partial charge in [0, 0.05) is 44.4 Å². The van der Waals surface area contributed by atoms with Crippen LogP contribution in [0.4, 0.5) is 0 Å². The minimum atomic E-state index is -1.67. The van der Waals surface area contributed by atoms with Crippen molar-refractivity contribution in [1.82, 2.24) is 52.3 Å². The normalized spacial score (nSPS) is 17.2. The predicted molar refractivity (Wildman–Crippen MR) is 299 cm³/mol. The van der Waals surface area contributed by atoms with E-state index in [2.05, 4.69) is 49.5 Å². The molecule has 0 aliphatic carbocycles. The number of amides is 9. The number of hydrogen-bond acceptors (Lipinski definition) is 13. The zero-order valence-electron chi connectivity index (χ0n) is 50.3. The van der Waals surface area contributed by atoms with Crippen molar-refractivity contribution in [2.24, 2.45) is 23.7 Å². The Morgan fingerprint density at radius 1 is 0.641 bits per heavy atom. The average Bonchev–Trinajstić information content (AvgIpc) is 3.82. The summed E-state index contributed by atoms with van der Waals surface area (Å²) in [5.74, 6) is -7.29. The molecule has 1 saturated heterocycles. The van der Waals surface area contributed by atoms with Gasteiger partial charge in [-0.05, 0) is 112 Å². The Morgan fingerprint density at radius 3 is 1.76 bits per heavy atom. The van der Waals surface area contributed by atoms with E-state index in [1.807, 2.05) is 11.8 Å². The van der Waals surface area contributed by atoms with E-state index in [-0.39, 0.29) is 61.9 Å². The molecular formula is C56H102N10O12. The van der Waals surface area contributed by atoms with Crippen LogP contribution >= 0.6 is 0 Å². The first kappa shape index (κ1) is 70.8. The van der Waals surface area contributed by atoms with Crippen LogP contribution in [0.1, 0.15) is 181 Å². The van der Waals surface area contributed by atoms with Crippen LogP contribution < -0.4 is 42.5 Å². The molecule has 1 heterocycles. The number of nitrogens with one attached hydrogen (secondary N) is 8.